The van der Waals surface area contributed by atoms with Gasteiger partial charge in [-0.3, -0.25) is 4.79 Å². The van der Waals surface area contributed by atoms with E-state index in [2.05, 4.69) is 0 Å². The topological polar surface area (TPSA) is 71.1 Å². The molecule has 0 heterocycles. The molecule has 0 saturated heterocycles. The van der Waals surface area contributed by atoms with Crippen LogP contribution in [0, 0.1) is 0 Å². The number of para-hydroxylation sites is 1. The number of ether oxygens (including phenoxy) is 4. The fourth-order valence-corrected chi connectivity index (χ4v) is 2.70. The van der Waals surface area contributed by atoms with Crippen molar-refractivity contribution in [3.8, 4) is 17.2 Å². The van der Waals surface area contributed by atoms with Gasteiger partial charge in [-0.2, -0.15) is 0 Å². The monoisotopic (exact) mass is 404 g/mol. The Morgan fingerprint density at radius 3 is 2.46 bits per heavy atom. The van der Waals surface area contributed by atoms with Crippen molar-refractivity contribution in [3.63, 3.8) is 0 Å². The lowest BCUT2D eigenvalue weighted by Crippen LogP contribution is -2.13. The molecule has 0 aliphatic carbocycles. The summed E-state index contributed by atoms with van der Waals surface area (Å²) in [7, 11) is 2.97. The summed E-state index contributed by atoms with van der Waals surface area (Å²) >= 11 is 6.19. The molecule has 0 aliphatic rings. The minimum Gasteiger partial charge on any atom is -0.496 e. The maximum Gasteiger partial charge on any atom is 0.331 e. The minimum absolute atomic E-state index is 0.352. The van der Waals surface area contributed by atoms with Gasteiger partial charge in [0.25, 0.3) is 0 Å². The first-order valence-electron chi connectivity index (χ1n) is 8.51. The molecule has 0 N–H and O–H groups in total. The molecule has 28 heavy (non-hydrogen) atoms. The van der Waals surface area contributed by atoms with Crippen LogP contribution in [0.5, 0.6) is 17.2 Å². The summed E-state index contributed by atoms with van der Waals surface area (Å²) in [5, 5.41) is 0.362. The summed E-state index contributed by atoms with van der Waals surface area (Å²) in [6.45, 7) is 1.89. The normalized spacial score (nSPS) is 10.6. The smallest absolute Gasteiger partial charge is 0.331 e. The van der Waals surface area contributed by atoms with E-state index in [4.69, 9.17) is 30.5 Å². The molecule has 2 aromatic rings. The second kappa shape index (κ2) is 10.4. The molecule has 0 atom stereocenters. The second-order valence-electron chi connectivity index (χ2n) is 5.53. The maximum atomic E-state index is 12.2. The Bertz CT molecular complexity index is 875. The molecule has 0 aliphatic heterocycles. The van der Waals surface area contributed by atoms with Crippen LogP contribution >= 0.6 is 11.6 Å². The first-order valence-corrected chi connectivity index (χ1v) is 8.89. The van der Waals surface area contributed by atoms with E-state index in [0.29, 0.717) is 40.0 Å². The number of benzene rings is 2. The number of hydrogen-bond acceptors (Lipinski definition) is 6. The quantitative estimate of drug-likeness (QED) is 0.354. The van der Waals surface area contributed by atoms with E-state index in [0.717, 1.165) is 0 Å². The predicted octanol–water partition coefficient (Wildman–Crippen LogP) is 4.20. The van der Waals surface area contributed by atoms with Gasteiger partial charge in [0.2, 0.25) is 5.78 Å². The summed E-state index contributed by atoms with van der Waals surface area (Å²) in [5.74, 6) is 0.301. The van der Waals surface area contributed by atoms with Gasteiger partial charge < -0.3 is 18.9 Å². The van der Waals surface area contributed by atoms with Gasteiger partial charge >= 0.3 is 5.97 Å². The first-order chi connectivity index (χ1) is 13.5. The van der Waals surface area contributed by atoms with E-state index in [1.165, 1.54) is 26.4 Å². The predicted molar refractivity (Wildman–Crippen MR) is 106 cm³/mol. The van der Waals surface area contributed by atoms with Gasteiger partial charge in [0.05, 0.1) is 31.4 Å². The molecule has 2 rings (SSSR count). The second-order valence-corrected chi connectivity index (χ2v) is 5.94. The molecular formula is C21H21ClO6. The third-order valence-electron chi connectivity index (χ3n) is 3.71. The van der Waals surface area contributed by atoms with E-state index in [1.807, 2.05) is 6.92 Å². The Hall–Kier alpha value is -2.99. The van der Waals surface area contributed by atoms with Crippen molar-refractivity contribution >= 4 is 29.4 Å². The van der Waals surface area contributed by atoms with Crippen LogP contribution < -0.4 is 14.2 Å². The molecule has 0 fully saturated rings. The van der Waals surface area contributed by atoms with Crippen molar-refractivity contribution in [2.45, 2.75) is 6.92 Å². The Kier molecular flexibility index (Phi) is 7.89. The Morgan fingerprint density at radius 2 is 1.79 bits per heavy atom. The Labute approximate surface area is 168 Å². The van der Waals surface area contributed by atoms with E-state index in [-0.39, 0.29) is 5.78 Å². The molecule has 7 heteroatoms. The zero-order chi connectivity index (χ0) is 20.5. The fourth-order valence-electron chi connectivity index (χ4n) is 2.42. The van der Waals surface area contributed by atoms with Gasteiger partial charge in [0.15, 0.2) is 18.1 Å². The maximum absolute atomic E-state index is 12.2. The highest BCUT2D eigenvalue weighted by molar-refractivity contribution is 6.32. The van der Waals surface area contributed by atoms with Crippen LogP contribution in [-0.2, 0) is 9.53 Å². The lowest BCUT2D eigenvalue weighted by atomic mass is 10.1. The third-order valence-corrected chi connectivity index (χ3v) is 3.99. The van der Waals surface area contributed by atoms with Crippen LogP contribution in [0.1, 0.15) is 22.8 Å². The molecule has 0 bridgehead atoms. The van der Waals surface area contributed by atoms with Crippen molar-refractivity contribution in [3.05, 3.63) is 58.6 Å². The molecule has 6 nitrogen and oxygen atoms in total. The van der Waals surface area contributed by atoms with Crippen LogP contribution in [0.2, 0.25) is 5.02 Å². The number of rotatable bonds is 9. The van der Waals surface area contributed by atoms with Gasteiger partial charge in [0.1, 0.15) is 5.75 Å². The number of ketones is 1. The molecule has 0 radical (unpaired) electrons. The fraction of sp³-hybridized carbons (Fsp3) is 0.238. The number of hydrogen-bond donors (Lipinski definition) is 0. The molecule has 0 spiro atoms. The summed E-state index contributed by atoms with van der Waals surface area (Å²) in [5.41, 5.74) is 0.975. The lowest BCUT2D eigenvalue weighted by molar-refractivity contribution is -0.136. The zero-order valence-electron chi connectivity index (χ0n) is 15.9. The summed E-state index contributed by atoms with van der Waals surface area (Å²) in [6.07, 6.45) is 2.72. The summed E-state index contributed by atoms with van der Waals surface area (Å²) < 4.78 is 20.8. The summed E-state index contributed by atoms with van der Waals surface area (Å²) in [4.78, 5) is 24.1. The van der Waals surface area contributed by atoms with Crippen LogP contribution in [0.15, 0.2) is 42.5 Å². The van der Waals surface area contributed by atoms with Gasteiger partial charge in [-0.05, 0) is 42.8 Å². The largest absolute Gasteiger partial charge is 0.496 e. The van der Waals surface area contributed by atoms with E-state index in [9.17, 15) is 9.59 Å². The van der Waals surface area contributed by atoms with Crippen molar-refractivity contribution in [2.24, 2.45) is 0 Å². The number of carbonyl (C=O) groups is 2. The number of methoxy groups -OCH3 is 2. The van der Waals surface area contributed by atoms with E-state index >= 15 is 0 Å². The van der Waals surface area contributed by atoms with Gasteiger partial charge in [-0.25, -0.2) is 4.79 Å². The molecule has 2 aromatic carbocycles. The Morgan fingerprint density at radius 1 is 1.07 bits per heavy atom. The average molecular weight is 405 g/mol. The molecule has 0 amide bonds. The van der Waals surface area contributed by atoms with Crippen LogP contribution in [0.3, 0.4) is 0 Å². The minimum atomic E-state index is -0.660. The first kappa shape index (κ1) is 21.3. The average Bonchev–Trinajstić information content (AvgIpc) is 2.71. The highest BCUT2D eigenvalue weighted by Crippen LogP contribution is 2.36. The van der Waals surface area contributed by atoms with Crippen LogP contribution in [0.25, 0.3) is 6.08 Å². The highest BCUT2D eigenvalue weighted by Gasteiger charge is 2.14. The molecule has 0 aromatic heterocycles. The molecular weight excluding hydrogens is 384 g/mol. The van der Waals surface area contributed by atoms with Crippen molar-refractivity contribution in [2.75, 3.05) is 27.4 Å². The van der Waals surface area contributed by atoms with Crippen LogP contribution in [0.4, 0.5) is 0 Å². The number of Topliss-reactive ketones (excluding diaryl/α,β-unsaturated/α-hetero) is 1. The van der Waals surface area contributed by atoms with Crippen molar-refractivity contribution < 1.29 is 28.5 Å². The molecule has 0 unspecified atom stereocenters. The van der Waals surface area contributed by atoms with Crippen LogP contribution in [-0.4, -0.2) is 39.2 Å². The van der Waals surface area contributed by atoms with Crippen molar-refractivity contribution in [1.29, 1.82) is 0 Å². The van der Waals surface area contributed by atoms with Gasteiger partial charge in [-0.1, -0.05) is 23.7 Å². The molecule has 0 saturated carbocycles. The standard InChI is InChI=1S/C21H21ClO6/c1-4-27-21-16(22)11-14(12-19(21)26-3)9-10-20(24)28-13-17(23)15-7-5-6-8-18(15)25-2/h5-12H,4,13H2,1-3H3/b10-9+. The Balaban J connectivity index is 2.02. The molecule has 148 valence electrons. The van der Waals surface area contributed by atoms with Gasteiger partial charge in [-0.15, -0.1) is 0 Å². The third kappa shape index (κ3) is 5.50. The van der Waals surface area contributed by atoms with Gasteiger partial charge in [0, 0.05) is 6.08 Å². The number of carbonyl (C=O) groups excluding carboxylic acids is 2. The van der Waals surface area contributed by atoms with E-state index in [1.54, 1.807) is 36.4 Å². The number of halogens is 1. The zero-order valence-corrected chi connectivity index (χ0v) is 16.6. The highest BCUT2D eigenvalue weighted by atomic mass is 35.5. The number of esters is 1. The lowest BCUT2D eigenvalue weighted by Gasteiger charge is -2.11. The summed E-state index contributed by atoms with van der Waals surface area (Å²) in [6, 6.07) is 10.1. The van der Waals surface area contributed by atoms with E-state index < -0.39 is 12.6 Å². The van der Waals surface area contributed by atoms with Crippen molar-refractivity contribution in [1.82, 2.24) is 0 Å². The SMILES string of the molecule is CCOc1c(Cl)cc(/C=C/C(=O)OCC(=O)c2ccccc2OC)cc1OC.